The smallest absolute Gasteiger partial charge is 0.155 e. The molecule has 5 nitrogen and oxygen atoms in total. The number of ether oxygens (including phenoxy) is 2. The van der Waals surface area contributed by atoms with Gasteiger partial charge in [0.15, 0.2) is 5.15 Å². The fourth-order valence-corrected chi connectivity index (χ4v) is 2.55. The van der Waals surface area contributed by atoms with Crippen molar-refractivity contribution < 1.29 is 9.47 Å². The summed E-state index contributed by atoms with van der Waals surface area (Å²) >= 11 is 6.14. The highest BCUT2D eigenvalue weighted by Gasteiger charge is 2.19. The van der Waals surface area contributed by atoms with Crippen molar-refractivity contribution in [2.75, 3.05) is 19.5 Å². The van der Waals surface area contributed by atoms with Crippen LogP contribution in [0, 0.1) is 0 Å². The first-order valence-corrected chi connectivity index (χ1v) is 7.71. The van der Waals surface area contributed by atoms with E-state index in [1.54, 1.807) is 14.2 Å². The molecule has 0 radical (unpaired) electrons. The number of hydrogen-bond donors (Lipinski definition) is 1. The molecule has 0 amide bonds. The van der Waals surface area contributed by atoms with Gasteiger partial charge in [-0.15, -0.1) is 10.2 Å². The number of nitrogens with zero attached hydrogens (tertiary/aromatic N) is 2. The van der Waals surface area contributed by atoms with Crippen LogP contribution < -0.4 is 14.8 Å². The summed E-state index contributed by atoms with van der Waals surface area (Å²) in [6, 6.07) is 7.64. The first-order valence-electron chi connectivity index (χ1n) is 7.33. The van der Waals surface area contributed by atoms with Crippen molar-refractivity contribution in [3.05, 3.63) is 40.5 Å². The maximum absolute atomic E-state index is 6.14. The second-order valence-corrected chi connectivity index (χ2v) is 6.57. The molecule has 0 aliphatic rings. The predicted octanol–water partition coefficient (Wildman–Crippen LogP) is 4.06. The number of hydrogen-bond acceptors (Lipinski definition) is 5. The van der Waals surface area contributed by atoms with E-state index in [1.165, 1.54) is 0 Å². The molecule has 1 aromatic carbocycles. The van der Waals surface area contributed by atoms with Gasteiger partial charge in [-0.05, 0) is 23.6 Å². The lowest BCUT2D eigenvalue weighted by Crippen LogP contribution is -2.14. The Morgan fingerprint density at radius 3 is 2.43 bits per heavy atom. The molecular weight excluding hydrogens is 314 g/mol. The lowest BCUT2D eigenvalue weighted by Gasteiger charge is -2.20. The first kappa shape index (κ1) is 17.3. The van der Waals surface area contributed by atoms with Gasteiger partial charge in [-0.25, -0.2) is 0 Å². The maximum Gasteiger partial charge on any atom is 0.155 e. The summed E-state index contributed by atoms with van der Waals surface area (Å²) in [6.07, 6.45) is 0. The number of aromatic nitrogens is 2. The Balaban J connectivity index is 2.18. The molecule has 6 heteroatoms. The Labute approximate surface area is 142 Å². The summed E-state index contributed by atoms with van der Waals surface area (Å²) in [7, 11) is 3.27. The van der Waals surface area contributed by atoms with E-state index in [0.29, 0.717) is 17.5 Å². The number of benzene rings is 1. The molecule has 0 unspecified atom stereocenters. The van der Waals surface area contributed by atoms with Crippen LogP contribution in [-0.2, 0) is 12.0 Å². The molecule has 0 fully saturated rings. The highest BCUT2D eigenvalue weighted by Crippen LogP contribution is 2.29. The molecule has 0 saturated heterocycles. The van der Waals surface area contributed by atoms with Gasteiger partial charge < -0.3 is 14.8 Å². The first-order chi connectivity index (χ1) is 10.8. The predicted molar refractivity (Wildman–Crippen MR) is 92.6 cm³/mol. The molecule has 2 aromatic rings. The van der Waals surface area contributed by atoms with E-state index in [1.807, 2.05) is 24.3 Å². The standard InChI is InChI=1S/C17H22ClN3O2/c1-17(2,3)13-9-15(20-21-16(13)18)19-10-11-6-7-12(22-4)8-14(11)23-5/h6-9H,10H2,1-5H3,(H,19,20). The van der Waals surface area contributed by atoms with Crippen LogP contribution in [-0.4, -0.2) is 24.4 Å². The second kappa shape index (κ2) is 7.04. The van der Waals surface area contributed by atoms with E-state index in [9.17, 15) is 0 Å². The minimum atomic E-state index is -0.0960. The minimum Gasteiger partial charge on any atom is -0.497 e. The van der Waals surface area contributed by atoms with Gasteiger partial charge in [0.2, 0.25) is 0 Å². The van der Waals surface area contributed by atoms with Crippen LogP contribution in [0.25, 0.3) is 0 Å². The molecule has 0 aliphatic heterocycles. The number of anilines is 1. The Hall–Kier alpha value is -2.01. The van der Waals surface area contributed by atoms with Crippen molar-refractivity contribution in [1.29, 1.82) is 0 Å². The van der Waals surface area contributed by atoms with Gasteiger partial charge in [0.05, 0.1) is 14.2 Å². The Bertz CT molecular complexity index is 684. The molecule has 0 atom stereocenters. The van der Waals surface area contributed by atoms with Crippen LogP contribution in [0.1, 0.15) is 31.9 Å². The van der Waals surface area contributed by atoms with E-state index in [2.05, 4.69) is 36.3 Å². The van der Waals surface area contributed by atoms with E-state index in [4.69, 9.17) is 21.1 Å². The number of methoxy groups -OCH3 is 2. The zero-order valence-electron chi connectivity index (χ0n) is 14.1. The third-order valence-corrected chi connectivity index (χ3v) is 3.79. The largest absolute Gasteiger partial charge is 0.497 e. The molecule has 2 rings (SSSR count). The molecule has 0 spiro atoms. The van der Waals surface area contributed by atoms with Crippen molar-refractivity contribution in [3.63, 3.8) is 0 Å². The van der Waals surface area contributed by atoms with Gasteiger partial charge in [-0.3, -0.25) is 0 Å². The van der Waals surface area contributed by atoms with Crippen molar-refractivity contribution >= 4 is 17.4 Å². The van der Waals surface area contributed by atoms with Crippen LogP contribution >= 0.6 is 11.6 Å². The fourth-order valence-electron chi connectivity index (χ4n) is 2.17. The Kier molecular flexibility index (Phi) is 5.31. The normalized spacial score (nSPS) is 11.2. The minimum absolute atomic E-state index is 0.0960. The SMILES string of the molecule is COc1ccc(CNc2cc(C(C)(C)C)c(Cl)nn2)c(OC)c1. The van der Waals surface area contributed by atoms with Crippen molar-refractivity contribution in [3.8, 4) is 11.5 Å². The molecule has 0 aliphatic carbocycles. The quantitative estimate of drug-likeness (QED) is 0.893. The molecule has 1 N–H and O–H groups in total. The number of rotatable bonds is 5. The summed E-state index contributed by atoms with van der Waals surface area (Å²) < 4.78 is 10.6. The van der Waals surface area contributed by atoms with Gasteiger partial charge in [0.25, 0.3) is 0 Å². The van der Waals surface area contributed by atoms with E-state index in [0.717, 1.165) is 22.6 Å². The number of nitrogens with one attached hydrogen (secondary N) is 1. The Morgan fingerprint density at radius 1 is 1.09 bits per heavy atom. The summed E-state index contributed by atoms with van der Waals surface area (Å²) in [5, 5.41) is 11.8. The van der Waals surface area contributed by atoms with Crippen LogP contribution in [0.4, 0.5) is 5.82 Å². The van der Waals surface area contributed by atoms with Crippen molar-refractivity contribution in [2.45, 2.75) is 32.7 Å². The highest BCUT2D eigenvalue weighted by molar-refractivity contribution is 6.30. The fraction of sp³-hybridized carbons (Fsp3) is 0.412. The van der Waals surface area contributed by atoms with Crippen molar-refractivity contribution in [2.24, 2.45) is 0 Å². The lowest BCUT2D eigenvalue weighted by atomic mass is 9.88. The molecule has 0 saturated carbocycles. The molecule has 23 heavy (non-hydrogen) atoms. The zero-order valence-corrected chi connectivity index (χ0v) is 14.9. The average molecular weight is 336 g/mol. The monoisotopic (exact) mass is 335 g/mol. The van der Waals surface area contributed by atoms with Gasteiger partial charge >= 0.3 is 0 Å². The molecule has 1 heterocycles. The average Bonchev–Trinajstić information content (AvgIpc) is 2.52. The molecule has 0 bridgehead atoms. The van der Waals surface area contributed by atoms with E-state index >= 15 is 0 Å². The van der Waals surface area contributed by atoms with E-state index in [-0.39, 0.29) is 5.41 Å². The van der Waals surface area contributed by atoms with Crippen LogP contribution in [0.15, 0.2) is 24.3 Å². The summed E-state index contributed by atoms with van der Waals surface area (Å²) in [5.41, 5.74) is 1.86. The topological polar surface area (TPSA) is 56.3 Å². The second-order valence-electron chi connectivity index (χ2n) is 6.22. The summed E-state index contributed by atoms with van der Waals surface area (Å²) in [6.45, 7) is 6.83. The van der Waals surface area contributed by atoms with Crippen LogP contribution in [0.2, 0.25) is 5.15 Å². The summed E-state index contributed by atoms with van der Waals surface area (Å²) in [4.78, 5) is 0. The van der Waals surface area contributed by atoms with Crippen molar-refractivity contribution in [1.82, 2.24) is 10.2 Å². The Morgan fingerprint density at radius 2 is 1.83 bits per heavy atom. The lowest BCUT2D eigenvalue weighted by molar-refractivity contribution is 0.391. The van der Waals surface area contributed by atoms with Gasteiger partial charge in [0, 0.05) is 23.7 Å². The van der Waals surface area contributed by atoms with Gasteiger partial charge in [-0.1, -0.05) is 32.4 Å². The third-order valence-electron chi connectivity index (χ3n) is 3.51. The summed E-state index contributed by atoms with van der Waals surface area (Å²) in [5.74, 6) is 2.19. The van der Waals surface area contributed by atoms with Crippen LogP contribution in [0.5, 0.6) is 11.5 Å². The molecule has 1 aromatic heterocycles. The zero-order chi connectivity index (χ0) is 17.0. The number of halogens is 1. The van der Waals surface area contributed by atoms with Gasteiger partial charge in [0.1, 0.15) is 17.3 Å². The highest BCUT2D eigenvalue weighted by atomic mass is 35.5. The van der Waals surface area contributed by atoms with E-state index < -0.39 is 0 Å². The maximum atomic E-state index is 6.14. The third kappa shape index (κ3) is 4.26. The molecule has 124 valence electrons. The van der Waals surface area contributed by atoms with Gasteiger partial charge in [-0.2, -0.15) is 0 Å². The van der Waals surface area contributed by atoms with Crippen LogP contribution in [0.3, 0.4) is 0 Å². The molecular formula is C17H22ClN3O2.